The Bertz CT molecular complexity index is 739. The average Bonchev–Trinajstić information content (AvgIpc) is 3.11. The Hall–Kier alpha value is -2.36. The first-order valence-corrected chi connectivity index (χ1v) is 8.14. The maximum Gasteiger partial charge on any atom is 0.254 e. The van der Waals surface area contributed by atoms with Gasteiger partial charge in [-0.1, -0.05) is 24.3 Å². The van der Waals surface area contributed by atoms with Crippen molar-refractivity contribution >= 4 is 11.7 Å². The molecule has 1 N–H and O–H groups in total. The van der Waals surface area contributed by atoms with E-state index in [-0.39, 0.29) is 5.91 Å². The molecule has 118 valence electrons. The van der Waals surface area contributed by atoms with Gasteiger partial charge in [0, 0.05) is 26.8 Å². The van der Waals surface area contributed by atoms with Crippen LogP contribution in [0.1, 0.15) is 27.4 Å². The number of benzene rings is 1. The largest absolute Gasteiger partial charge is 0.370 e. The Kier molecular flexibility index (Phi) is 3.33. The number of nitrogens with zero attached hydrogens (tertiary/aromatic N) is 2. The van der Waals surface area contributed by atoms with Crippen LogP contribution in [0.4, 0.5) is 5.82 Å². The van der Waals surface area contributed by atoms with Gasteiger partial charge in [0.1, 0.15) is 5.82 Å². The molecule has 3 atom stereocenters. The first kappa shape index (κ1) is 14.2. The zero-order chi connectivity index (χ0) is 16.0. The van der Waals surface area contributed by atoms with Crippen LogP contribution < -0.4 is 5.32 Å². The lowest BCUT2D eigenvalue weighted by molar-refractivity contribution is 0.0827. The maximum absolute atomic E-state index is 11.8. The number of hydrogen-bond acceptors (Lipinski definition) is 3. The molecule has 1 aromatic heterocycles. The molecular formula is C19H21N3O. The Morgan fingerprint density at radius 3 is 2.83 bits per heavy atom. The summed E-state index contributed by atoms with van der Waals surface area (Å²) in [6.45, 7) is 0.956. The van der Waals surface area contributed by atoms with Crippen molar-refractivity contribution in [3.63, 3.8) is 0 Å². The number of fused-ring (bicyclic) bond motifs is 3. The number of anilines is 1. The predicted octanol–water partition coefficient (Wildman–Crippen LogP) is 2.78. The number of pyridine rings is 1. The molecule has 4 rings (SSSR count). The molecule has 3 unspecified atom stereocenters. The van der Waals surface area contributed by atoms with Gasteiger partial charge in [0.15, 0.2) is 0 Å². The van der Waals surface area contributed by atoms with E-state index >= 15 is 0 Å². The van der Waals surface area contributed by atoms with Gasteiger partial charge in [0.25, 0.3) is 5.91 Å². The molecule has 4 nitrogen and oxygen atoms in total. The molecule has 1 heterocycles. The van der Waals surface area contributed by atoms with E-state index in [2.05, 4.69) is 34.6 Å². The summed E-state index contributed by atoms with van der Waals surface area (Å²) in [6.07, 6.45) is 2.87. The van der Waals surface area contributed by atoms with Gasteiger partial charge in [0.2, 0.25) is 0 Å². The third-order valence-electron chi connectivity index (χ3n) is 5.14. The summed E-state index contributed by atoms with van der Waals surface area (Å²) in [7, 11) is 3.50. The molecule has 0 bridgehead atoms. The number of hydrogen-bond donors (Lipinski definition) is 1. The molecule has 1 fully saturated rings. The van der Waals surface area contributed by atoms with Crippen LogP contribution in [0.2, 0.25) is 0 Å². The highest BCUT2D eigenvalue weighted by Gasteiger charge is 2.54. The second-order valence-electron chi connectivity index (χ2n) is 6.77. The highest BCUT2D eigenvalue weighted by atomic mass is 16.2. The molecule has 4 heteroatoms. The summed E-state index contributed by atoms with van der Waals surface area (Å²) in [5.74, 6) is 3.08. The Morgan fingerprint density at radius 2 is 2.09 bits per heavy atom. The van der Waals surface area contributed by atoms with Gasteiger partial charge in [-0.05, 0) is 47.4 Å². The minimum Gasteiger partial charge on any atom is -0.370 e. The van der Waals surface area contributed by atoms with Crippen molar-refractivity contribution in [2.24, 2.45) is 11.8 Å². The molecule has 0 radical (unpaired) electrons. The second kappa shape index (κ2) is 5.37. The summed E-state index contributed by atoms with van der Waals surface area (Å²) >= 11 is 0. The molecular weight excluding hydrogens is 286 g/mol. The van der Waals surface area contributed by atoms with E-state index in [9.17, 15) is 4.79 Å². The predicted molar refractivity (Wildman–Crippen MR) is 90.6 cm³/mol. The van der Waals surface area contributed by atoms with Gasteiger partial charge in [0.05, 0.1) is 5.56 Å². The van der Waals surface area contributed by atoms with E-state index < -0.39 is 0 Å². The summed E-state index contributed by atoms with van der Waals surface area (Å²) in [5, 5.41) is 3.43. The normalized spacial score (nSPS) is 23.8. The smallest absolute Gasteiger partial charge is 0.254 e. The first-order chi connectivity index (χ1) is 11.1. The number of nitrogens with one attached hydrogen (secondary N) is 1. The van der Waals surface area contributed by atoms with E-state index in [0.717, 1.165) is 30.1 Å². The van der Waals surface area contributed by atoms with Crippen LogP contribution >= 0.6 is 0 Å². The van der Waals surface area contributed by atoms with E-state index in [1.165, 1.54) is 12.0 Å². The van der Waals surface area contributed by atoms with Gasteiger partial charge in [-0.3, -0.25) is 4.79 Å². The van der Waals surface area contributed by atoms with Gasteiger partial charge >= 0.3 is 0 Å². The van der Waals surface area contributed by atoms with Gasteiger partial charge < -0.3 is 10.2 Å². The molecule has 1 saturated carbocycles. The number of rotatable bonds is 4. The van der Waals surface area contributed by atoms with E-state index in [1.54, 1.807) is 30.8 Å². The number of amides is 1. The van der Waals surface area contributed by atoms with Crippen LogP contribution in [-0.2, 0) is 6.42 Å². The van der Waals surface area contributed by atoms with Gasteiger partial charge in [-0.2, -0.15) is 0 Å². The Balaban J connectivity index is 1.36. The Labute approximate surface area is 136 Å². The molecule has 23 heavy (non-hydrogen) atoms. The minimum atomic E-state index is -0.0163. The van der Waals surface area contributed by atoms with Crippen LogP contribution in [0.5, 0.6) is 0 Å². The highest BCUT2D eigenvalue weighted by Crippen LogP contribution is 2.61. The van der Waals surface area contributed by atoms with Crippen LogP contribution in [0.15, 0.2) is 42.6 Å². The van der Waals surface area contributed by atoms with E-state index in [0.29, 0.717) is 5.56 Å². The molecule has 0 saturated heterocycles. The fourth-order valence-electron chi connectivity index (χ4n) is 3.87. The molecule has 0 aliphatic heterocycles. The standard InChI is InChI=1S/C19H21N3O/c1-22(2)19(23)13-7-8-17(20-10-13)21-11-16-15-9-12-5-3-4-6-14(12)18(15)16/h3-8,10,15-16,18H,9,11H2,1-2H3,(H,20,21). The van der Waals surface area contributed by atoms with Crippen molar-refractivity contribution in [3.05, 3.63) is 59.3 Å². The lowest BCUT2D eigenvalue weighted by Crippen LogP contribution is -2.21. The van der Waals surface area contributed by atoms with Crippen molar-refractivity contribution in [2.45, 2.75) is 12.3 Å². The summed E-state index contributed by atoms with van der Waals surface area (Å²) in [5.41, 5.74) is 3.70. The molecule has 1 aromatic carbocycles. The highest BCUT2D eigenvalue weighted by molar-refractivity contribution is 5.93. The van der Waals surface area contributed by atoms with Crippen LogP contribution in [0.3, 0.4) is 0 Å². The van der Waals surface area contributed by atoms with Crippen molar-refractivity contribution in [2.75, 3.05) is 26.0 Å². The lowest BCUT2D eigenvalue weighted by atomic mass is 10.0. The second-order valence-corrected chi connectivity index (χ2v) is 6.77. The maximum atomic E-state index is 11.8. The van der Waals surface area contributed by atoms with E-state index in [1.807, 2.05) is 12.1 Å². The zero-order valence-corrected chi connectivity index (χ0v) is 13.5. The topological polar surface area (TPSA) is 45.2 Å². The Morgan fingerprint density at radius 1 is 1.26 bits per heavy atom. The van der Waals surface area contributed by atoms with Crippen LogP contribution in [-0.4, -0.2) is 36.4 Å². The van der Waals surface area contributed by atoms with Gasteiger partial charge in [-0.15, -0.1) is 0 Å². The van der Waals surface area contributed by atoms with Crippen LogP contribution in [0.25, 0.3) is 0 Å². The third-order valence-corrected chi connectivity index (χ3v) is 5.14. The number of carbonyl (C=O) groups excluding carboxylic acids is 1. The summed E-state index contributed by atoms with van der Waals surface area (Å²) < 4.78 is 0. The van der Waals surface area contributed by atoms with Gasteiger partial charge in [-0.25, -0.2) is 4.98 Å². The SMILES string of the molecule is CN(C)C(=O)c1ccc(NCC2C3Cc4ccccc4C23)nc1. The van der Waals surface area contributed by atoms with Crippen molar-refractivity contribution in [3.8, 4) is 0 Å². The quantitative estimate of drug-likeness (QED) is 0.944. The van der Waals surface area contributed by atoms with Crippen molar-refractivity contribution < 1.29 is 4.79 Å². The third kappa shape index (κ3) is 2.48. The molecule has 2 aromatic rings. The summed E-state index contributed by atoms with van der Waals surface area (Å²) in [6, 6.07) is 12.5. The lowest BCUT2D eigenvalue weighted by Gasteiger charge is -2.11. The van der Waals surface area contributed by atoms with Crippen molar-refractivity contribution in [1.29, 1.82) is 0 Å². The number of aromatic nitrogens is 1. The first-order valence-electron chi connectivity index (χ1n) is 8.14. The molecule has 2 aliphatic carbocycles. The monoisotopic (exact) mass is 307 g/mol. The van der Waals surface area contributed by atoms with E-state index in [4.69, 9.17) is 0 Å². The average molecular weight is 307 g/mol. The minimum absolute atomic E-state index is 0.0163. The molecule has 0 spiro atoms. The van der Waals surface area contributed by atoms with Crippen molar-refractivity contribution in [1.82, 2.24) is 9.88 Å². The number of carbonyl (C=O) groups is 1. The zero-order valence-electron chi connectivity index (χ0n) is 13.5. The van der Waals surface area contributed by atoms with Crippen LogP contribution in [0, 0.1) is 11.8 Å². The summed E-state index contributed by atoms with van der Waals surface area (Å²) in [4.78, 5) is 17.8. The fraction of sp³-hybridized carbons (Fsp3) is 0.368. The molecule has 2 aliphatic rings. The fourth-order valence-corrected chi connectivity index (χ4v) is 3.87. The molecule has 1 amide bonds.